The molecule has 0 radical (unpaired) electrons. The van der Waals surface area contributed by atoms with Gasteiger partial charge >= 0.3 is 0 Å². The minimum atomic E-state index is -0.227. The third-order valence-corrected chi connectivity index (χ3v) is 5.66. The number of carbonyl (C=O) groups excluding carboxylic acids is 1. The van der Waals surface area contributed by atoms with E-state index in [-0.39, 0.29) is 11.3 Å². The number of anilines is 1. The molecule has 0 aliphatic carbocycles. The number of amides is 1. The summed E-state index contributed by atoms with van der Waals surface area (Å²) in [6.07, 6.45) is 0. The zero-order chi connectivity index (χ0) is 25.3. The summed E-state index contributed by atoms with van der Waals surface area (Å²) < 4.78 is 11.2. The third-order valence-electron chi connectivity index (χ3n) is 5.66. The van der Waals surface area contributed by atoms with Crippen LogP contribution >= 0.6 is 0 Å². The van der Waals surface area contributed by atoms with Gasteiger partial charge < -0.3 is 14.3 Å². The highest BCUT2D eigenvalue weighted by atomic mass is 16.5. The first-order valence-corrected chi connectivity index (χ1v) is 11.5. The summed E-state index contributed by atoms with van der Waals surface area (Å²) >= 11 is 0. The van der Waals surface area contributed by atoms with E-state index in [0.29, 0.717) is 34.7 Å². The highest BCUT2D eigenvalue weighted by Gasteiger charge is 2.22. The van der Waals surface area contributed by atoms with Crippen LogP contribution in [0, 0.1) is 6.92 Å². The molecular formula is C28H25N5O3. The van der Waals surface area contributed by atoms with Crippen molar-refractivity contribution >= 4 is 11.6 Å². The fourth-order valence-electron chi connectivity index (χ4n) is 3.58. The molecular weight excluding hydrogens is 454 g/mol. The minimum Gasteiger partial charge on any atom is -0.416 e. The first-order valence-electron chi connectivity index (χ1n) is 11.5. The Morgan fingerprint density at radius 3 is 2.17 bits per heavy atom. The highest BCUT2D eigenvalue weighted by Crippen LogP contribution is 2.27. The molecule has 0 fully saturated rings. The molecule has 2 aromatic heterocycles. The van der Waals surface area contributed by atoms with E-state index in [1.807, 2.05) is 64.1 Å². The lowest BCUT2D eigenvalue weighted by Crippen LogP contribution is -2.11. The lowest BCUT2D eigenvalue weighted by molar-refractivity contribution is 0.102. The molecule has 8 heteroatoms. The number of hydrogen-bond donors (Lipinski definition) is 1. The van der Waals surface area contributed by atoms with Crippen LogP contribution in [0.15, 0.2) is 81.7 Å². The van der Waals surface area contributed by atoms with E-state index in [1.165, 1.54) is 0 Å². The summed E-state index contributed by atoms with van der Waals surface area (Å²) in [6.45, 7) is 8.04. The predicted molar refractivity (Wildman–Crippen MR) is 136 cm³/mol. The van der Waals surface area contributed by atoms with Crippen LogP contribution < -0.4 is 5.32 Å². The Morgan fingerprint density at radius 2 is 1.50 bits per heavy atom. The normalized spacial score (nSPS) is 11.4. The molecule has 0 bridgehead atoms. The van der Waals surface area contributed by atoms with Gasteiger partial charge in [0.25, 0.3) is 5.91 Å². The van der Waals surface area contributed by atoms with E-state index in [1.54, 1.807) is 36.4 Å². The van der Waals surface area contributed by atoms with Crippen LogP contribution in [0.1, 0.15) is 42.6 Å². The predicted octanol–water partition coefficient (Wildman–Crippen LogP) is 6.31. The van der Waals surface area contributed by atoms with Gasteiger partial charge in [-0.2, -0.15) is 4.98 Å². The smallest absolute Gasteiger partial charge is 0.255 e. The quantitative estimate of drug-likeness (QED) is 0.315. The number of rotatable bonds is 5. The SMILES string of the molecule is Cc1ccccc1-c1nnc(-c2ccc(C(=O)Nc3ccc(-c4noc(C(C)(C)C)n4)cc3)cc2)o1. The number of hydrogen-bond acceptors (Lipinski definition) is 7. The Morgan fingerprint density at radius 1 is 0.833 bits per heavy atom. The van der Waals surface area contributed by atoms with Crippen molar-refractivity contribution in [1.82, 2.24) is 20.3 Å². The summed E-state index contributed by atoms with van der Waals surface area (Å²) in [7, 11) is 0. The standard InChI is InChI=1S/C28H25N5O3/c1-17-7-5-6-8-22(17)26-32-31-25(35-26)20-11-9-19(10-12-20)24(34)29-21-15-13-18(14-16-21)23-30-27(36-33-23)28(2,3)4/h5-16H,1-4H3,(H,29,34). The van der Waals surface area contributed by atoms with E-state index in [2.05, 4.69) is 25.7 Å². The van der Waals surface area contributed by atoms with E-state index in [0.717, 1.165) is 22.3 Å². The summed E-state index contributed by atoms with van der Waals surface area (Å²) in [5, 5.41) is 15.3. The Labute approximate surface area is 208 Å². The van der Waals surface area contributed by atoms with E-state index in [9.17, 15) is 4.79 Å². The Kier molecular flexibility index (Phi) is 5.93. The van der Waals surface area contributed by atoms with Gasteiger partial charge in [0.1, 0.15) is 0 Å². The van der Waals surface area contributed by atoms with E-state index >= 15 is 0 Å². The van der Waals surface area contributed by atoms with Crippen LogP contribution in [-0.2, 0) is 5.41 Å². The van der Waals surface area contributed by atoms with Crippen molar-refractivity contribution in [3.63, 3.8) is 0 Å². The molecule has 180 valence electrons. The topological polar surface area (TPSA) is 107 Å². The van der Waals surface area contributed by atoms with Crippen LogP contribution in [0.5, 0.6) is 0 Å². The van der Waals surface area contributed by atoms with Crippen LogP contribution in [0.25, 0.3) is 34.3 Å². The molecule has 0 saturated carbocycles. The number of nitrogens with zero attached hydrogens (tertiary/aromatic N) is 4. The lowest BCUT2D eigenvalue weighted by Gasteiger charge is -2.10. The van der Waals surface area contributed by atoms with Crippen molar-refractivity contribution < 1.29 is 13.7 Å². The molecule has 0 atom stereocenters. The molecule has 0 unspecified atom stereocenters. The van der Waals surface area contributed by atoms with Crippen LogP contribution in [0.4, 0.5) is 5.69 Å². The maximum atomic E-state index is 12.8. The second kappa shape index (κ2) is 9.22. The maximum absolute atomic E-state index is 12.8. The Bertz CT molecular complexity index is 1510. The maximum Gasteiger partial charge on any atom is 0.255 e. The van der Waals surface area contributed by atoms with Crippen molar-refractivity contribution in [2.24, 2.45) is 0 Å². The molecule has 1 amide bonds. The molecule has 1 N–H and O–H groups in total. The van der Waals surface area contributed by atoms with Gasteiger partial charge in [-0.05, 0) is 67.1 Å². The zero-order valence-electron chi connectivity index (χ0n) is 20.4. The number of aromatic nitrogens is 4. The molecule has 3 aromatic carbocycles. The number of aryl methyl sites for hydroxylation is 1. The van der Waals surface area contributed by atoms with E-state index in [4.69, 9.17) is 8.94 Å². The molecule has 0 aliphatic rings. The number of carbonyl (C=O) groups is 1. The summed E-state index contributed by atoms with van der Waals surface area (Å²) in [6, 6.07) is 22.2. The Balaban J connectivity index is 1.26. The molecule has 2 heterocycles. The van der Waals surface area contributed by atoms with Crippen LogP contribution in [-0.4, -0.2) is 26.2 Å². The fourth-order valence-corrected chi connectivity index (χ4v) is 3.58. The van der Waals surface area contributed by atoms with Crippen LogP contribution in [0.3, 0.4) is 0 Å². The average Bonchev–Trinajstić information content (AvgIpc) is 3.56. The summed E-state index contributed by atoms with van der Waals surface area (Å²) in [5.74, 6) is 1.72. The second-order valence-electron chi connectivity index (χ2n) is 9.51. The monoisotopic (exact) mass is 479 g/mol. The van der Waals surface area contributed by atoms with Gasteiger partial charge in [0.05, 0.1) is 0 Å². The van der Waals surface area contributed by atoms with Gasteiger partial charge in [-0.1, -0.05) is 44.1 Å². The molecule has 0 aliphatic heterocycles. The van der Waals surface area contributed by atoms with Gasteiger partial charge in [0.2, 0.25) is 23.5 Å². The third kappa shape index (κ3) is 4.79. The van der Waals surface area contributed by atoms with Crippen molar-refractivity contribution in [2.45, 2.75) is 33.1 Å². The van der Waals surface area contributed by atoms with Gasteiger partial charge in [-0.3, -0.25) is 4.79 Å². The summed E-state index contributed by atoms with van der Waals surface area (Å²) in [5.41, 5.74) is 4.44. The van der Waals surface area contributed by atoms with Gasteiger partial charge in [0, 0.05) is 33.4 Å². The van der Waals surface area contributed by atoms with E-state index < -0.39 is 0 Å². The average molecular weight is 480 g/mol. The molecule has 0 spiro atoms. The van der Waals surface area contributed by atoms with Gasteiger partial charge in [0.15, 0.2) is 0 Å². The molecule has 36 heavy (non-hydrogen) atoms. The number of benzene rings is 3. The Hall–Kier alpha value is -4.59. The van der Waals surface area contributed by atoms with Crippen molar-refractivity contribution in [3.8, 4) is 34.3 Å². The first kappa shape index (κ1) is 23.2. The van der Waals surface area contributed by atoms with Crippen molar-refractivity contribution in [3.05, 3.63) is 89.8 Å². The molecule has 8 nitrogen and oxygen atoms in total. The van der Waals surface area contributed by atoms with Crippen molar-refractivity contribution in [2.75, 3.05) is 5.32 Å². The zero-order valence-corrected chi connectivity index (χ0v) is 20.4. The largest absolute Gasteiger partial charge is 0.416 e. The summed E-state index contributed by atoms with van der Waals surface area (Å²) in [4.78, 5) is 17.2. The molecule has 5 aromatic rings. The van der Waals surface area contributed by atoms with Gasteiger partial charge in [-0.15, -0.1) is 10.2 Å². The second-order valence-corrected chi connectivity index (χ2v) is 9.51. The van der Waals surface area contributed by atoms with Crippen LogP contribution in [0.2, 0.25) is 0 Å². The van der Waals surface area contributed by atoms with Crippen molar-refractivity contribution in [1.29, 1.82) is 0 Å². The van der Waals surface area contributed by atoms with Gasteiger partial charge in [-0.25, -0.2) is 0 Å². The fraction of sp³-hybridized carbons (Fsp3) is 0.179. The highest BCUT2D eigenvalue weighted by molar-refractivity contribution is 6.04. The minimum absolute atomic E-state index is 0.221. The molecule has 5 rings (SSSR count). The first-order chi connectivity index (χ1) is 17.3. The lowest BCUT2D eigenvalue weighted by atomic mass is 9.97. The molecule has 0 saturated heterocycles. The number of nitrogens with one attached hydrogen (secondary N) is 1.